The van der Waals surface area contributed by atoms with Crippen LogP contribution < -0.4 is 9.64 Å². The van der Waals surface area contributed by atoms with E-state index in [1.807, 2.05) is 24.1 Å². The van der Waals surface area contributed by atoms with E-state index < -0.39 is 0 Å². The van der Waals surface area contributed by atoms with Gasteiger partial charge < -0.3 is 14.4 Å². The molecule has 0 bridgehead atoms. The minimum Gasteiger partial charge on any atom is -0.497 e. The van der Waals surface area contributed by atoms with Crippen LogP contribution in [0.3, 0.4) is 0 Å². The molecule has 0 aliphatic heterocycles. The Labute approximate surface area is 89.2 Å². The largest absolute Gasteiger partial charge is 0.497 e. The van der Waals surface area contributed by atoms with Gasteiger partial charge in [0.25, 0.3) is 0 Å². The highest BCUT2D eigenvalue weighted by molar-refractivity contribution is 6.33. The molecule has 0 amide bonds. The molecule has 4 heteroatoms. The Morgan fingerprint density at radius 3 is 2.57 bits per heavy atom. The predicted molar refractivity (Wildman–Crippen MR) is 58.3 cm³/mol. The number of halogens is 1. The maximum absolute atomic E-state index is 6.06. The first-order chi connectivity index (χ1) is 6.69. The van der Waals surface area contributed by atoms with Crippen molar-refractivity contribution < 1.29 is 9.47 Å². The fourth-order valence-electron chi connectivity index (χ4n) is 1.19. The summed E-state index contributed by atoms with van der Waals surface area (Å²) in [5.41, 5.74) is 0.925. The van der Waals surface area contributed by atoms with E-state index in [4.69, 9.17) is 21.1 Å². The van der Waals surface area contributed by atoms with E-state index in [-0.39, 0.29) is 0 Å². The van der Waals surface area contributed by atoms with Crippen LogP contribution >= 0.6 is 11.6 Å². The van der Waals surface area contributed by atoms with E-state index >= 15 is 0 Å². The molecule has 14 heavy (non-hydrogen) atoms. The summed E-state index contributed by atoms with van der Waals surface area (Å²) in [6.07, 6.45) is 0. The van der Waals surface area contributed by atoms with Gasteiger partial charge in [0.1, 0.15) is 12.5 Å². The van der Waals surface area contributed by atoms with Crippen molar-refractivity contribution in [1.29, 1.82) is 0 Å². The van der Waals surface area contributed by atoms with Gasteiger partial charge in [-0.2, -0.15) is 0 Å². The van der Waals surface area contributed by atoms with Crippen molar-refractivity contribution in [3.8, 4) is 5.75 Å². The number of ether oxygens (including phenoxy) is 2. The molecule has 0 unspecified atom stereocenters. The van der Waals surface area contributed by atoms with E-state index in [1.54, 1.807) is 20.3 Å². The van der Waals surface area contributed by atoms with Crippen molar-refractivity contribution in [3.05, 3.63) is 23.2 Å². The zero-order valence-corrected chi connectivity index (χ0v) is 9.34. The van der Waals surface area contributed by atoms with Crippen molar-refractivity contribution >= 4 is 17.3 Å². The summed E-state index contributed by atoms with van der Waals surface area (Å²) in [6, 6.07) is 5.55. The van der Waals surface area contributed by atoms with Crippen LogP contribution in [0.1, 0.15) is 0 Å². The standard InChI is InChI=1S/C10H14ClNO2/c1-12(7-13-2)10-5-4-8(14-3)6-9(10)11/h4-6H,7H2,1-3H3. The van der Waals surface area contributed by atoms with Gasteiger partial charge in [0.15, 0.2) is 0 Å². The summed E-state index contributed by atoms with van der Waals surface area (Å²) in [5.74, 6) is 0.754. The SMILES string of the molecule is COCN(C)c1ccc(OC)cc1Cl. The lowest BCUT2D eigenvalue weighted by atomic mass is 10.3. The molecule has 0 fully saturated rings. The number of benzene rings is 1. The van der Waals surface area contributed by atoms with Gasteiger partial charge in [-0.25, -0.2) is 0 Å². The molecule has 0 saturated carbocycles. The number of methoxy groups -OCH3 is 2. The topological polar surface area (TPSA) is 21.7 Å². The Hall–Kier alpha value is -0.930. The number of nitrogens with zero attached hydrogens (tertiary/aromatic N) is 1. The summed E-state index contributed by atoms with van der Waals surface area (Å²) < 4.78 is 10.1. The molecule has 0 heterocycles. The van der Waals surface area contributed by atoms with Gasteiger partial charge >= 0.3 is 0 Å². The zero-order chi connectivity index (χ0) is 10.6. The Bertz CT molecular complexity index is 304. The van der Waals surface area contributed by atoms with Gasteiger partial charge in [-0.05, 0) is 12.1 Å². The lowest BCUT2D eigenvalue weighted by Crippen LogP contribution is -2.19. The highest BCUT2D eigenvalue weighted by Gasteiger charge is 2.06. The summed E-state index contributed by atoms with van der Waals surface area (Å²) in [5, 5.41) is 0.656. The fourth-order valence-corrected chi connectivity index (χ4v) is 1.50. The van der Waals surface area contributed by atoms with Crippen molar-refractivity contribution in [2.75, 3.05) is 32.9 Å². The van der Waals surface area contributed by atoms with E-state index in [9.17, 15) is 0 Å². The molecule has 1 aromatic carbocycles. The zero-order valence-electron chi connectivity index (χ0n) is 8.58. The molecule has 0 aliphatic rings. The van der Waals surface area contributed by atoms with Crippen LogP contribution in [-0.4, -0.2) is 28.0 Å². The third kappa shape index (κ3) is 2.53. The van der Waals surface area contributed by atoms with Crippen LogP contribution in [-0.2, 0) is 4.74 Å². The quantitative estimate of drug-likeness (QED) is 0.720. The molecule has 0 aliphatic carbocycles. The Morgan fingerprint density at radius 2 is 2.07 bits per heavy atom. The third-order valence-corrected chi connectivity index (χ3v) is 2.19. The van der Waals surface area contributed by atoms with E-state index in [0.29, 0.717) is 11.8 Å². The second-order valence-corrected chi connectivity index (χ2v) is 3.34. The molecule has 0 N–H and O–H groups in total. The molecular weight excluding hydrogens is 202 g/mol. The third-order valence-electron chi connectivity index (χ3n) is 1.89. The highest BCUT2D eigenvalue weighted by atomic mass is 35.5. The number of anilines is 1. The maximum atomic E-state index is 6.06. The van der Waals surface area contributed by atoms with E-state index in [0.717, 1.165) is 11.4 Å². The lowest BCUT2D eigenvalue weighted by molar-refractivity contribution is 0.202. The summed E-state index contributed by atoms with van der Waals surface area (Å²) in [7, 11) is 5.18. The van der Waals surface area contributed by atoms with Crippen molar-refractivity contribution in [2.24, 2.45) is 0 Å². The first-order valence-electron chi connectivity index (χ1n) is 4.22. The van der Waals surface area contributed by atoms with E-state index in [2.05, 4.69) is 0 Å². The van der Waals surface area contributed by atoms with Gasteiger partial charge in [-0.1, -0.05) is 11.6 Å². The Balaban J connectivity index is 2.88. The molecule has 0 aromatic heterocycles. The Kier molecular flexibility index (Phi) is 4.04. The van der Waals surface area contributed by atoms with Crippen LogP contribution in [0, 0.1) is 0 Å². The number of hydrogen-bond donors (Lipinski definition) is 0. The summed E-state index contributed by atoms with van der Waals surface area (Å²) in [4.78, 5) is 1.92. The van der Waals surface area contributed by atoms with Gasteiger partial charge in [0.05, 0.1) is 17.8 Å². The molecule has 0 radical (unpaired) electrons. The van der Waals surface area contributed by atoms with Crippen molar-refractivity contribution in [2.45, 2.75) is 0 Å². The van der Waals surface area contributed by atoms with Crippen LogP contribution in [0.2, 0.25) is 5.02 Å². The van der Waals surface area contributed by atoms with Crippen LogP contribution in [0.25, 0.3) is 0 Å². The van der Waals surface area contributed by atoms with Gasteiger partial charge in [0, 0.05) is 20.2 Å². The van der Waals surface area contributed by atoms with E-state index in [1.165, 1.54) is 0 Å². The van der Waals surface area contributed by atoms with Crippen LogP contribution in [0.5, 0.6) is 5.75 Å². The van der Waals surface area contributed by atoms with Gasteiger partial charge in [0.2, 0.25) is 0 Å². The summed E-state index contributed by atoms with van der Waals surface area (Å²) in [6.45, 7) is 0.506. The average Bonchev–Trinajstić information content (AvgIpc) is 2.17. The van der Waals surface area contributed by atoms with Gasteiger partial charge in [-0.15, -0.1) is 0 Å². The summed E-state index contributed by atoms with van der Waals surface area (Å²) >= 11 is 6.06. The molecule has 1 rings (SSSR count). The first-order valence-corrected chi connectivity index (χ1v) is 4.60. The first kappa shape index (κ1) is 11.1. The molecule has 0 saturated heterocycles. The second-order valence-electron chi connectivity index (χ2n) is 2.93. The molecule has 3 nitrogen and oxygen atoms in total. The molecule has 0 spiro atoms. The Morgan fingerprint density at radius 1 is 1.36 bits per heavy atom. The normalized spacial score (nSPS) is 10.0. The van der Waals surface area contributed by atoms with Crippen molar-refractivity contribution in [1.82, 2.24) is 0 Å². The van der Waals surface area contributed by atoms with Gasteiger partial charge in [-0.3, -0.25) is 0 Å². The number of hydrogen-bond acceptors (Lipinski definition) is 3. The minimum atomic E-state index is 0.506. The molecular formula is C10H14ClNO2. The molecule has 78 valence electrons. The smallest absolute Gasteiger partial charge is 0.120 e. The maximum Gasteiger partial charge on any atom is 0.120 e. The highest BCUT2D eigenvalue weighted by Crippen LogP contribution is 2.28. The monoisotopic (exact) mass is 215 g/mol. The minimum absolute atomic E-state index is 0.506. The predicted octanol–water partition coefficient (Wildman–Crippen LogP) is 2.39. The van der Waals surface area contributed by atoms with Crippen LogP contribution in [0.15, 0.2) is 18.2 Å². The van der Waals surface area contributed by atoms with Crippen LogP contribution in [0.4, 0.5) is 5.69 Å². The average molecular weight is 216 g/mol. The second kappa shape index (κ2) is 5.08. The number of rotatable bonds is 4. The lowest BCUT2D eigenvalue weighted by Gasteiger charge is -2.19. The van der Waals surface area contributed by atoms with Crippen molar-refractivity contribution in [3.63, 3.8) is 0 Å². The molecule has 1 aromatic rings. The fraction of sp³-hybridized carbons (Fsp3) is 0.400. The molecule has 0 atom stereocenters.